The van der Waals surface area contributed by atoms with Crippen LogP contribution in [0.25, 0.3) is 45.0 Å². The van der Waals surface area contributed by atoms with Gasteiger partial charge in [0.25, 0.3) is 0 Å². The van der Waals surface area contributed by atoms with E-state index in [1.54, 1.807) is 37.9 Å². The van der Waals surface area contributed by atoms with Gasteiger partial charge in [0.1, 0.15) is 28.2 Å². The predicted octanol–water partition coefficient (Wildman–Crippen LogP) is 15.7. The van der Waals surface area contributed by atoms with E-state index in [0.717, 1.165) is 55.9 Å². The molecule has 4 nitrogen and oxygen atoms in total. The van der Waals surface area contributed by atoms with Crippen LogP contribution in [-0.2, 0) is 28.2 Å². The molecular weight excluding hydrogens is 873 g/mol. The van der Waals surface area contributed by atoms with E-state index in [2.05, 4.69) is 75.0 Å². The first-order valence-electron chi connectivity index (χ1n) is 32.5. The van der Waals surface area contributed by atoms with E-state index < -0.39 is 51.0 Å². The summed E-state index contributed by atoms with van der Waals surface area (Å²) in [5.41, 5.74) is 16.9. The van der Waals surface area contributed by atoms with Crippen molar-refractivity contribution in [3.05, 3.63) is 213 Å². The van der Waals surface area contributed by atoms with Gasteiger partial charge in [-0.05, 0) is 148 Å². The van der Waals surface area contributed by atoms with Crippen LogP contribution in [0.3, 0.4) is 0 Å². The van der Waals surface area contributed by atoms with Crippen LogP contribution in [0.2, 0.25) is 0 Å². The van der Waals surface area contributed by atoms with Crippen LogP contribution in [0.1, 0.15) is 168 Å². The summed E-state index contributed by atoms with van der Waals surface area (Å²) < 4.78 is 133. The lowest BCUT2D eigenvalue weighted by Crippen LogP contribution is -2.32. The SMILES string of the molecule is [2H]C(C)(C)c1c[n+](C)c(-c2ccccc2C)cc1C.[2H]C([2H])([2H])C([2H])(C)c1c[n+](C)c(-c2ccccc2C)cc1C.[2H]C([2H])([2H])c1c[n+](C)c(-c2ccccc2C)cc1C([2H])(C)C.[2H]C([2H])([2H])c1c[n+](C)c(-c2ccccc2C)cc1C([2H])(C)C([2H])([2H])[2H]. The van der Waals surface area contributed by atoms with Crippen LogP contribution in [0, 0.1) is 55.2 Å². The highest BCUT2D eigenvalue weighted by molar-refractivity contribution is 5.64. The molecule has 0 aliphatic rings. The Morgan fingerprint density at radius 1 is 0.319 bits per heavy atom. The maximum absolute atomic E-state index is 8.40. The number of benzene rings is 4. The van der Waals surface area contributed by atoms with Crippen LogP contribution in [0.15, 0.2) is 146 Å². The second kappa shape index (κ2) is 25.2. The Labute approximate surface area is 459 Å². The van der Waals surface area contributed by atoms with Gasteiger partial charge in [0.05, 0.1) is 0 Å². The number of pyridine rings is 4. The minimum Gasteiger partial charge on any atom is -0.201 e. The highest BCUT2D eigenvalue weighted by Gasteiger charge is 2.20. The van der Waals surface area contributed by atoms with Crippen molar-refractivity contribution >= 4 is 0 Å². The molecule has 0 saturated heterocycles. The third kappa shape index (κ3) is 13.9. The Hall–Kier alpha value is -6.52. The Morgan fingerprint density at radius 3 is 0.875 bits per heavy atom. The van der Waals surface area contributed by atoms with E-state index in [1.807, 2.05) is 137 Å². The smallest absolute Gasteiger partial charge is 0.201 e. The second-order valence-corrected chi connectivity index (χ2v) is 19.4. The quantitative estimate of drug-likeness (QED) is 0.135. The molecule has 0 fully saturated rings. The molecule has 8 rings (SSSR count). The molecule has 0 radical (unpaired) electrons. The van der Waals surface area contributed by atoms with Crippen molar-refractivity contribution in [2.24, 2.45) is 28.2 Å². The summed E-state index contributed by atoms with van der Waals surface area (Å²) in [6.07, 6.45) is 6.92. The highest BCUT2D eigenvalue weighted by atomic mass is 14.9. The summed E-state index contributed by atoms with van der Waals surface area (Å²) in [6, 6.07) is 39.6. The first-order chi connectivity index (χ1) is 40.1. The third-order valence-corrected chi connectivity index (χ3v) is 13.1. The normalized spacial score (nSPS) is 16.9. The van der Waals surface area contributed by atoms with Crippen LogP contribution in [-0.4, -0.2) is 0 Å². The zero-order valence-corrected chi connectivity index (χ0v) is 45.6. The van der Waals surface area contributed by atoms with Gasteiger partial charge in [-0.3, -0.25) is 0 Å². The van der Waals surface area contributed by atoms with E-state index in [0.29, 0.717) is 16.8 Å². The van der Waals surface area contributed by atoms with Gasteiger partial charge in [0.2, 0.25) is 22.8 Å². The molecule has 4 aromatic heterocycles. The van der Waals surface area contributed by atoms with Gasteiger partial charge in [-0.2, -0.15) is 0 Å². The first-order valence-corrected chi connectivity index (χ1v) is 24.5. The number of rotatable bonds is 8. The van der Waals surface area contributed by atoms with Crippen molar-refractivity contribution in [1.82, 2.24) is 0 Å². The largest absolute Gasteiger partial charge is 0.212 e. The molecule has 8 aromatic rings. The van der Waals surface area contributed by atoms with Crippen molar-refractivity contribution in [3.8, 4) is 45.0 Å². The van der Waals surface area contributed by atoms with Crippen molar-refractivity contribution < 1.29 is 40.2 Å². The molecule has 72 heavy (non-hydrogen) atoms. The maximum Gasteiger partial charge on any atom is 0.212 e. The molecule has 0 aliphatic heterocycles. The van der Waals surface area contributed by atoms with Gasteiger partial charge in [0, 0.05) is 90.7 Å². The van der Waals surface area contributed by atoms with E-state index in [-0.39, 0.29) is 16.7 Å². The molecule has 4 heteroatoms. The van der Waals surface area contributed by atoms with Crippen LogP contribution < -0.4 is 18.3 Å². The van der Waals surface area contributed by atoms with Crippen molar-refractivity contribution in [1.29, 1.82) is 0 Å². The fourth-order valence-corrected chi connectivity index (χ4v) is 8.95. The van der Waals surface area contributed by atoms with Gasteiger partial charge in [-0.15, -0.1) is 0 Å². The van der Waals surface area contributed by atoms with E-state index in [1.165, 1.54) is 48.5 Å². The molecule has 2 atom stereocenters. The standard InChI is InChI=1S/4C17H22N/c2*1-12(2)16-10-17(18(5)11-14(16)4)15-9-7-6-8-13(15)3;2*1-12(2)16-11-18(5)17(10-14(16)4)15-9-7-6-8-13(15)3/h4*6-12H,1-5H3/q4*+1/i1D3,4D3,12D;4D3,12D;1D3,12D;12D. The zero-order chi connectivity index (χ0) is 66.8. The van der Waals surface area contributed by atoms with Crippen molar-refractivity contribution in [2.75, 3.05) is 0 Å². The van der Waals surface area contributed by atoms with Crippen molar-refractivity contribution in [3.63, 3.8) is 0 Å². The lowest BCUT2D eigenvalue weighted by atomic mass is 9.96. The Balaban J connectivity index is 0.000000215. The number of hydrogen-bond acceptors (Lipinski definition) is 0. The van der Waals surface area contributed by atoms with E-state index >= 15 is 0 Å². The van der Waals surface area contributed by atoms with Gasteiger partial charge in [0.15, 0.2) is 24.8 Å². The van der Waals surface area contributed by atoms with E-state index in [9.17, 15) is 0 Å². The van der Waals surface area contributed by atoms with Crippen LogP contribution >= 0.6 is 0 Å². The lowest BCUT2D eigenvalue weighted by molar-refractivity contribution is -0.661. The Bertz CT molecular complexity index is 3780. The molecule has 0 spiro atoms. The average molecular weight is 978 g/mol. The number of hydrogen-bond donors (Lipinski definition) is 0. The highest BCUT2D eigenvalue weighted by Crippen LogP contribution is 2.29. The summed E-state index contributed by atoms with van der Waals surface area (Å²) in [5, 5.41) is 0. The monoisotopic (exact) mass is 977 g/mol. The molecule has 0 amide bonds. The number of aryl methyl sites for hydroxylation is 12. The predicted molar refractivity (Wildman–Crippen MR) is 306 cm³/mol. The molecular formula is C68H88N4+4. The zero-order valence-electron chi connectivity index (χ0n) is 61.6. The third-order valence-electron chi connectivity index (χ3n) is 13.1. The van der Waals surface area contributed by atoms with Crippen LogP contribution in [0.4, 0.5) is 0 Å². The minimum atomic E-state index is -2.66. The average Bonchev–Trinajstić information content (AvgIpc) is 0.921. The topological polar surface area (TPSA) is 15.5 Å². The fraction of sp³-hybridized carbons (Fsp3) is 0.353. The van der Waals surface area contributed by atoms with Gasteiger partial charge in [-0.1, -0.05) is 128 Å². The van der Waals surface area contributed by atoms with Crippen molar-refractivity contribution in [2.45, 2.75) is 134 Å². The lowest BCUT2D eigenvalue weighted by Gasteiger charge is -2.11. The van der Waals surface area contributed by atoms with E-state index in [4.69, 9.17) is 21.9 Å². The molecule has 0 bridgehead atoms. The first kappa shape index (κ1) is 37.3. The molecule has 4 aromatic carbocycles. The molecule has 0 N–H and O–H groups in total. The van der Waals surface area contributed by atoms with Gasteiger partial charge < -0.3 is 0 Å². The minimum absolute atomic E-state index is 0.00357. The summed E-state index contributed by atoms with van der Waals surface area (Å²) in [6.45, 7) is 12.3. The summed E-state index contributed by atoms with van der Waals surface area (Å²) in [7, 11) is 7.51. The number of aromatic nitrogens is 4. The molecule has 0 saturated carbocycles. The van der Waals surface area contributed by atoms with Gasteiger partial charge >= 0.3 is 0 Å². The molecule has 0 aliphatic carbocycles. The summed E-state index contributed by atoms with van der Waals surface area (Å²) >= 11 is 0. The molecule has 376 valence electrons. The Kier molecular flexibility index (Phi) is 13.1. The second-order valence-electron chi connectivity index (χ2n) is 19.4. The number of nitrogens with zero attached hydrogens (tertiary/aromatic N) is 4. The fourth-order valence-electron chi connectivity index (χ4n) is 8.95. The maximum atomic E-state index is 8.40. The van der Waals surface area contributed by atoms with Crippen LogP contribution in [0.5, 0.6) is 0 Å². The Morgan fingerprint density at radius 2 is 0.583 bits per heavy atom. The summed E-state index contributed by atoms with van der Waals surface area (Å²) in [4.78, 5) is 0. The van der Waals surface area contributed by atoms with Gasteiger partial charge in [-0.25, -0.2) is 18.3 Å². The molecule has 2 unspecified atom stereocenters. The molecule has 4 heterocycles. The summed E-state index contributed by atoms with van der Waals surface area (Å²) in [5.74, 6) is -5.21.